The van der Waals surface area contributed by atoms with Gasteiger partial charge in [-0.2, -0.15) is 0 Å². The van der Waals surface area contributed by atoms with Crippen LogP contribution in [0, 0.1) is 6.92 Å². The van der Waals surface area contributed by atoms with Crippen molar-refractivity contribution >= 4 is 23.9 Å². The first-order chi connectivity index (χ1) is 19.1. The van der Waals surface area contributed by atoms with E-state index in [9.17, 15) is 24.3 Å². The molecule has 2 aromatic rings. The number of benzene rings is 1. The van der Waals surface area contributed by atoms with Crippen molar-refractivity contribution < 1.29 is 33.5 Å². The average Bonchev–Trinajstić information content (AvgIpc) is 3.34. The van der Waals surface area contributed by atoms with E-state index in [1.807, 2.05) is 30.3 Å². The van der Waals surface area contributed by atoms with Gasteiger partial charge in [0.2, 0.25) is 0 Å². The number of carboxylic acid groups (broad SMARTS) is 1. The number of aliphatic carboxylic acids is 1. The second kappa shape index (κ2) is 16.8. The SMILES string of the molecule is Cc1cc(CNNC(=O)C(N)(CCCCC(=O)OCc2ccccc2)NC(=O)NC(CCCCN)C(=O)O)on1. The highest BCUT2D eigenvalue weighted by Crippen LogP contribution is 2.13. The van der Waals surface area contributed by atoms with Crippen LogP contribution in [0.1, 0.15) is 62.0 Å². The first-order valence-corrected chi connectivity index (χ1v) is 13.1. The largest absolute Gasteiger partial charge is 0.480 e. The number of carbonyl (C=O) groups excluding carboxylic acids is 3. The molecule has 0 saturated heterocycles. The van der Waals surface area contributed by atoms with Crippen LogP contribution in [0.15, 0.2) is 40.9 Å². The van der Waals surface area contributed by atoms with Gasteiger partial charge in [-0.1, -0.05) is 35.5 Å². The van der Waals surface area contributed by atoms with Crippen LogP contribution in [0.5, 0.6) is 0 Å². The molecule has 0 spiro atoms. The summed E-state index contributed by atoms with van der Waals surface area (Å²) in [5, 5.41) is 17.9. The molecule has 0 bridgehead atoms. The highest BCUT2D eigenvalue weighted by Gasteiger charge is 2.36. The van der Waals surface area contributed by atoms with E-state index in [2.05, 4.69) is 26.6 Å². The van der Waals surface area contributed by atoms with Crippen molar-refractivity contribution in [2.45, 2.75) is 76.7 Å². The van der Waals surface area contributed by atoms with Gasteiger partial charge in [0, 0.05) is 12.5 Å². The van der Waals surface area contributed by atoms with E-state index in [0.717, 1.165) is 5.56 Å². The molecule has 0 aliphatic carbocycles. The Hall–Kier alpha value is -4.01. The summed E-state index contributed by atoms with van der Waals surface area (Å²) in [5.74, 6) is -1.95. The Bertz CT molecular complexity index is 1100. The second-order valence-corrected chi connectivity index (χ2v) is 9.34. The van der Waals surface area contributed by atoms with Gasteiger partial charge in [-0.05, 0) is 57.6 Å². The number of esters is 1. The number of hydrazine groups is 1. The third-order valence-corrected chi connectivity index (χ3v) is 5.88. The number of carbonyl (C=O) groups is 4. The fraction of sp³-hybridized carbons (Fsp3) is 0.500. The molecule has 1 heterocycles. The van der Waals surface area contributed by atoms with E-state index >= 15 is 0 Å². The number of nitrogens with two attached hydrogens (primary N) is 2. The summed E-state index contributed by atoms with van der Waals surface area (Å²) in [6.45, 7) is 2.39. The van der Waals surface area contributed by atoms with Gasteiger partial charge in [-0.3, -0.25) is 15.0 Å². The molecular formula is C26H39N7O7. The molecule has 1 aromatic heterocycles. The number of urea groups is 1. The number of carboxylic acids is 1. The lowest BCUT2D eigenvalue weighted by Gasteiger charge is -2.30. The van der Waals surface area contributed by atoms with Gasteiger partial charge in [-0.15, -0.1) is 0 Å². The number of nitrogens with one attached hydrogen (secondary N) is 4. The Morgan fingerprint density at radius 3 is 2.52 bits per heavy atom. The molecule has 0 radical (unpaired) electrons. The van der Waals surface area contributed by atoms with Crippen LogP contribution in [-0.2, 0) is 32.3 Å². The highest BCUT2D eigenvalue weighted by molar-refractivity contribution is 5.91. The summed E-state index contributed by atoms with van der Waals surface area (Å²) >= 11 is 0. The lowest BCUT2D eigenvalue weighted by molar-refractivity contribution is -0.145. The zero-order valence-corrected chi connectivity index (χ0v) is 22.6. The normalized spacial score (nSPS) is 13.1. The van der Waals surface area contributed by atoms with Gasteiger partial charge in [0.1, 0.15) is 12.6 Å². The van der Waals surface area contributed by atoms with Crippen LogP contribution in [0.3, 0.4) is 0 Å². The van der Waals surface area contributed by atoms with Crippen molar-refractivity contribution in [1.29, 1.82) is 0 Å². The quantitative estimate of drug-likeness (QED) is 0.0587. The molecule has 14 nitrogen and oxygen atoms in total. The summed E-state index contributed by atoms with van der Waals surface area (Å²) in [6.07, 6.45) is 1.91. The fourth-order valence-electron chi connectivity index (χ4n) is 3.69. The molecule has 2 unspecified atom stereocenters. The molecule has 220 valence electrons. The zero-order chi connectivity index (χ0) is 29.4. The van der Waals surface area contributed by atoms with Gasteiger partial charge >= 0.3 is 18.0 Å². The van der Waals surface area contributed by atoms with Crippen molar-refractivity contribution in [2.75, 3.05) is 6.54 Å². The lowest BCUT2D eigenvalue weighted by Crippen LogP contribution is -2.68. The van der Waals surface area contributed by atoms with Crippen molar-refractivity contribution in [3.8, 4) is 0 Å². The molecule has 2 rings (SSSR count). The number of amides is 3. The molecule has 0 saturated carbocycles. The highest BCUT2D eigenvalue weighted by atomic mass is 16.5. The van der Waals surface area contributed by atoms with E-state index in [4.69, 9.17) is 20.7 Å². The number of hydrogen-bond donors (Lipinski definition) is 7. The Balaban J connectivity index is 1.93. The summed E-state index contributed by atoms with van der Waals surface area (Å²) < 4.78 is 10.3. The molecule has 2 atom stereocenters. The maximum absolute atomic E-state index is 13.0. The van der Waals surface area contributed by atoms with E-state index in [1.54, 1.807) is 13.0 Å². The van der Waals surface area contributed by atoms with Gasteiger partial charge in [-0.25, -0.2) is 15.0 Å². The van der Waals surface area contributed by atoms with Crippen LogP contribution >= 0.6 is 0 Å². The predicted octanol–water partition coefficient (Wildman–Crippen LogP) is 0.944. The summed E-state index contributed by atoms with van der Waals surface area (Å²) in [4.78, 5) is 49.4. The van der Waals surface area contributed by atoms with Crippen LogP contribution in [0.4, 0.5) is 4.79 Å². The topological polar surface area (TPSA) is 224 Å². The van der Waals surface area contributed by atoms with Gasteiger partial charge in [0.25, 0.3) is 5.91 Å². The molecular weight excluding hydrogens is 522 g/mol. The summed E-state index contributed by atoms with van der Waals surface area (Å²) in [5.41, 5.74) is 16.5. The minimum Gasteiger partial charge on any atom is -0.480 e. The van der Waals surface area contributed by atoms with Crippen molar-refractivity contribution in [3.63, 3.8) is 0 Å². The third kappa shape index (κ3) is 11.8. The van der Waals surface area contributed by atoms with Crippen LogP contribution in [0.2, 0.25) is 0 Å². The number of unbranched alkanes of at least 4 members (excludes halogenated alkanes) is 2. The molecule has 9 N–H and O–H groups in total. The second-order valence-electron chi connectivity index (χ2n) is 9.34. The maximum Gasteiger partial charge on any atom is 0.326 e. The van der Waals surface area contributed by atoms with Crippen molar-refractivity contribution in [1.82, 2.24) is 26.6 Å². The van der Waals surface area contributed by atoms with Crippen LogP contribution in [-0.4, -0.2) is 52.4 Å². The van der Waals surface area contributed by atoms with Gasteiger partial charge < -0.3 is 36.5 Å². The number of rotatable bonds is 18. The van der Waals surface area contributed by atoms with Crippen LogP contribution < -0.4 is 33.0 Å². The maximum atomic E-state index is 13.0. The van der Waals surface area contributed by atoms with Crippen molar-refractivity contribution in [2.24, 2.45) is 11.5 Å². The molecule has 40 heavy (non-hydrogen) atoms. The van der Waals surface area contributed by atoms with E-state index in [0.29, 0.717) is 37.3 Å². The van der Waals surface area contributed by atoms with Crippen molar-refractivity contribution in [3.05, 3.63) is 53.4 Å². The first-order valence-electron chi connectivity index (χ1n) is 13.1. The van der Waals surface area contributed by atoms with Gasteiger partial charge in [0.15, 0.2) is 11.4 Å². The van der Waals surface area contributed by atoms with Crippen LogP contribution in [0.25, 0.3) is 0 Å². The van der Waals surface area contributed by atoms with E-state index in [1.165, 1.54) is 0 Å². The monoisotopic (exact) mass is 561 g/mol. The lowest BCUT2D eigenvalue weighted by atomic mass is 10.0. The summed E-state index contributed by atoms with van der Waals surface area (Å²) in [7, 11) is 0. The molecule has 3 amide bonds. The Morgan fingerprint density at radius 2 is 1.88 bits per heavy atom. The summed E-state index contributed by atoms with van der Waals surface area (Å²) in [6, 6.07) is 8.80. The number of ether oxygens (including phenoxy) is 1. The Labute approximate surface area is 232 Å². The average molecular weight is 562 g/mol. The zero-order valence-electron chi connectivity index (χ0n) is 22.6. The third-order valence-electron chi connectivity index (χ3n) is 5.88. The number of aromatic nitrogens is 1. The number of hydrogen-bond acceptors (Lipinski definition) is 10. The first kappa shape index (κ1) is 32.2. The fourth-order valence-corrected chi connectivity index (χ4v) is 3.69. The minimum absolute atomic E-state index is 0.0494. The molecule has 0 fully saturated rings. The molecule has 14 heteroatoms. The number of aryl methyl sites for hydroxylation is 1. The van der Waals surface area contributed by atoms with Gasteiger partial charge in [0.05, 0.1) is 12.2 Å². The molecule has 0 aliphatic rings. The smallest absolute Gasteiger partial charge is 0.326 e. The Morgan fingerprint density at radius 1 is 1.12 bits per heavy atom. The molecule has 1 aromatic carbocycles. The van der Waals surface area contributed by atoms with E-state index in [-0.39, 0.29) is 38.8 Å². The number of nitrogens with zero attached hydrogens (tertiary/aromatic N) is 1. The van der Waals surface area contributed by atoms with E-state index < -0.39 is 35.6 Å². The minimum atomic E-state index is -1.93. The predicted molar refractivity (Wildman–Crippen MR) is 144 cm³/mol. The standard InChI is InChI=1S/C26H39N7O7/c1-18-15-20(40-33-18)16-29-32-24(37)26(28,31-25(38)30-21(23(35)36)11-6-8-14-27)13-7-5-12-22(34)39-17-19-9-3-2-4-10-19/h2-4,9-10,15,21,29H,5-8,11-14,16-17,27-28H2,1H3,(H,32,37)(H,35,36)(H2,30,31,38). The Kier molecular flexibility index (Phi) is 13.6. The molecule has 0 aliphatic heterocycles.